The zero-order chi connectivity index (χ0) is 16.2. The summed E-state index contributed by atoms with van der Waals surface area (Å²) in [6.45, 7) is 0.100. The Bertz CT molecular complexity index is 786. The standard InChI is InChI=1S/C16H16F2N4O/c1-2-8-19-14-7-9-20-15-13(10-21-22(14)15)11-3-5-12(6-4-11)23-16(17)18/h3-7,9-10,16,19H,2,8H2,1H3. The van der Waals surface area contributed by atoms with Crippen LogP contribution in [0.15, 0.2) is 42.7 Å². The molecular formula is C16H16F2N4O. The highest BCUT2D eigenvalue weighted by Crippen LogP contribution is 2.27. The van der Waals surface area contributed by atoms with Crippen LogP contribution in [0.1, 0.15) is 13.3 Å². The summed E-state index contributed by atoms with van der Waals surface area (Å²) in [5, 5.41) is 7.65. The van der Waals surface area contributed by atoms with Crippen molar-refractivity contribution in [2.75, 3.05) is 11.9 Å². The highest BCUT2D eigenvalue weighted by molar-refractivity contribution is 5.78. The SMILES string of the molecule is CCCNc1ccnc2c(-c3ccc(OC(F)F)cc3)cnn12. The van der Waals surface area contributed by atoms with E-state index in [2.05, 4.69) is 27.1 Å². The average Bonchev–Trinajstić information content (AvgIpc) is 2.98. The first-order valence-electron chi connectivity index (χ1n) is 7.31. The Morgan fingerprint density at radius 3 is 2.70 bits per heavy atom. The van der Waals surface area contributed by atoms with Gasteiger partial charge >= 0.3 is 6.61 Å². The molecule has 1 N–H and O–H groups in total. The van der Waals surface area contributed by atoms with Crippen molar-refractivity contribution in [1.82, 2.24) is 14.6 Å². The molecule has 0 bridgehead atoms. The molecule has 23 heavy (non-hydrogen) atoms. The number of hydrogen-bond acceptors (Lipinski definition) is 4. The molecule has 120 valence electrons. The van der Waals surface area contributed by atoms with Crippen molar-refractivity contribution in [3.05, 3.63) is 42.7 Å². The van der Waals surface area contributed by atoms with Crippen LogP contribution in [0.2, 0.25) is 0 Å². The van der Waals surface area contributed by atoms with Crippen LogP contribution in [-0.4, -0.2) is 27.8 Å². The number of benzene rings is 1. The molecule has 0 aliphatic carbocycles. The molecule has 0 saturated carbocycles. The van der Waals surface area contributed by atoms with Crippen LogP contribution in [0.4, 0.5) is 14.6 Å². The topological polar surface area (TPSA) is 51.5 Å². The molecule has 2 aromatic heterocycles. The Balaban J connectivity index is 1.94. The molecule has 5 nitrogen and oxygen atoms in total. The summed E-state index contributed by atoms with van der Waals surface area (Å²) in [6, 6.07) is 8.29. The summed E-state index contributed by atoms with van der Waals surface area (Å²) in [7, 11) is 0. The van der Waals surface area contributed by atoms with Crippen molar-refractivity contribution >= 4 is 11.5 Å². The summed E-state index contributed by atoms with van der Waals surface area (Å²) in [5.41, 5.74) is 2.36. The van der Waals surface area contributed by atoms with Gasteiger partial charge in [0.25, 0.3) is 0 Å². The summed E-state index contributed by atoms with van der Waals surface area (Å²) in [5.74, 6) is 0.985. The largest absolute Gasteiger partial charge is 0.435 e. The number of alkyl halides is 2. The normalized spacial score (nSPS) is 11.1. The van der Waals surface area contributed by atoms with E-state index in [0.29, 0.717) is 5.65 Å². The van der Waals surface area contributed by atoms with Gasteiger partial charge in [-0.15, -0.1) is 0 Å². The van der Waals surface area contributed by atoms with Crippen LogP contribution in [0.5, 0.6) is 5.75 Å². The van der Waals surface area contributed by atoms with Crippen molar-refractivity contribution in [2.24, 2.45) is 0 Å². The first kappa shape index (κ1) is 15.2. The van der Waals surface area contributed by atoms with Crippen molar-refractivity contribution in [2.45, 2.75) is 20.0 Å². The lowest BCUT2D eigenvalue weighted by Gasteiger charge is -2.07. The van der Waals surface area contributed by atoms with Crippen molar-refractivity contribution in [3.8, 4) is 16.9 Å². The van der Waals surface area contributed by atoms with E-state index < -0.39 is 6.61 Å². The third-order valence-corrected chi connectivity index (χ3v) is 3.35. The molecule has 3 aromatic rings. The molecule has 0 spiro atoms. The smallest absolute Gasteiger partial charge is 0.387 e. The molecular weight excluding hydrogens is 302 g/mol. The van der Waals surface area contributed by atoms with Gasteiger partial charge in [-0.2, -0.15) is 18.4 Å². The highest BCUT2D eigenvalue weighted by atomic mass is 19.3. The van der Waals surface area contributed by atoms with Gasteiger partial charge in [-0.1, -0.05) is 19.1 Å². The number of nitrogens with zero attached hydrogens (tertiary/aromatic N) is 3. The number of aromatic nitrogens is 3. The number of halogens is 2. The van der Waals surface area contributed by atoms with E-state index in [1.807, 2.05) is 6.07 Å². The van der Waals surface area contributed by atoms with E-state index in [-0.39, 0.29) is 5.75 Å². The monoisotopic (exact) mass is 318 g/mol. The second-order valence-electron chi connectivity index (χ2n) is 4.95. The molecule has 0 unspecified atom stereocenters. The first-order valence-corrected chi connectivity index (χ1v) is 7.31. The van der Waals surface area contributed by atoms with Crippen LogP contribution in [-0.2, 0) is 0 Å². The maximum atomic E-state index is 12.2. The third-order valence-electron chi connectivity index (χ3n) is 3.35. The number of ether oxygens (including phenoxy) is 1. The van der Waals surface area contributed by atoms with E-state index >= 15 is 0 Å². The highest BCUT2D eigenvalue weighted by Gasteiger charge is 2.11. The zero-order valence-corrected chi connectivity index (χ0v) is 12.5. The van der Waals surface area contributed by atoms with Gasteiger partial charge in [-0.3, -0.25) is 0 Å². The van der Waals surface area contributed by atoms with Crippen LogP contribution in [0.25, 0.3) is 16.8 Å². The lowest BCUT2D eigenvalue weighted by molar-refractivity contribution is -0.0498. The fourth-order valence-corrected chi connectivity index (χ4v) is 2.30. The molecule has 0 aliphatic heterocycles. The Morgan fingerprint density at radius 1 is 1.22 bits per heavy atom. The summed E-state index contributed by atoms with van der Waals surface area (Å²) in [6.07, 6.45) is 4.43. The minimum Gasteiger partial charge on any atom is -0.435 e. The van der Waals surface area contributed by atoms with Gasteiger partial charge in [0.15, 0.2) is 5.65 Å². The number of anilines is 1. The minimum atomic E-state index is -2.83. The van der Waals surface area contributed by atoms with E-state index in [1.54, 1.807) is 29.0 Å². The molecule has 0 radical (unpaired) electrons. The van der Waals surface area contributed by atoms with Crippen LogP contribution in [0, 0.1) is 0 Å². The molecule has 7 heteroatoms. The maximum absolute atomic E-state index is 12.2. The predicted molar refractivity (Wildman–Crippen MR) is 83.8 cm³/mol. The Labute approximate surface area is 131 Å². The number of nitrogens with one attached hydrogen (secondary N) is 1. The maximum Gasteiger partial charge on any atom is 0.387 e. The van der Waals surface area contributed by atoms with Crippen molar-refractivity contribution in [3.63, 3.8) is 0 Å². The summed E-state index contributed by atoms with van der Waals surface area (Å²) in [4.78, 5) is 4.37. The van der Waals surface area contributed by atoms with Gasteiger partial charge in [0.1, 0.15) is 11.6 Å². The van der Waals surface area contributed by atoms with Crippen molar-refractivity contribution < 1.29 is 13.5 Å². The fraction of sp³-hybridized carbons (Fsp3) is 0.250. The average molecular weight is 318 g/mol. The molecule has 1 aromatic carbocycles. The van der Waals surface area contributed by atoms with E-state index in [0.717, 1.165) is 29.9 Å². The van der Waals surface area contributed by atoms with Gasteiger partial charge in [-0.05, 0) is 30.2 Å². The Hall–Kier alpha value is -2.70. The van der Waals surface area contributed by atoms with Crippen LogP contribution >= 0.6 is 0 Å². The second kappa shape index (κ2) is 6.60. The lowest BCUT2D eigenvalue weighted by Crippen LogP contribution is -2.06. The lowest BCUT2D eigenvalue weighted by atomic mass is 10.1. The molecule has 0 saturated heterocycles. The molecule has 0 amide bonds. The van der Waals surface area contributed by atoms with Crippen molar-refractivity contribution in [1.29, 1.82) is 0 Å². The molecule has 0 fully saturated rings. The second-order valence-corrected chi connectivity index (χ2v) is 4.95. The van der Waals surface area contributed by atoms with Gasteiger partial charge in [0.05, 0.1) is 6.20 Å². The third kappa shape index (κ3) is 3.23. The number of rotatable bonds is 6. The Morgan fingerprint density at radius 2 is 2.00 bits per heavy atom. The van der Waals surface area contributed by atoms with Gasteiger partial charge < -0.3 is 10.1 Å². The zero-order valence-electron chi connectivity index (χ0n) is 12.5. The minimum absolute atomic E-state index is 0.124. The van der Waals surface area contributed by atoms with Gasteiger partial charge in [-0.25, -0.2) is 4.98 Å². The van der Waals surface area contributed by atoms with Gasteiger partial charge in [0, 0.05) is 18.3 Å². The molecule has 0 aliphatic rings. The quantitative estimate of drug-likeness (QED) is 0.750. The number of fused-ring (bicyclic) bond motifs is 1. The first-order chi connectivity index (χ1) is 11.2. The van der Waals surface area contributed by atoms with Crippen LogP contribution < -0.4 is 10.1 Å². The summed E-state index contributed by atoms with van der Waals surface area (Å²) >= 11 is 0. The molecule has 0 atom stereocenters. The van der Waals surface area contributed by atoms with Crippen LogP contribution in [0.3, 0.4) is 0 Å². The fourth-order valence-electron chi connectivity index (χ4n) is 2.30. The molecule has 2 heterocycles. The summed E-state index contributed by atoms with van der Waals surface area (Å²) < 4.78 is 30.5. The Kier molecular flexibility index (Phi) is 4.36. The van der Waals surface area contributed by atoms with E-state index in [4.69, 9.17) is 0 Å². The van der Waals surface area contributed by atoms with Gasteiger partial charge in [0.2, 0.25) is 0 Å². The molecule has 3 rings (SSSR count). The van der Waals surface area contributed by atoms with E-state index in [1.165, 1.54) is 12.1 Å². The number of hydrogen-bond donors (Lipinski definition) is 1. The van der Waals surface area contributed by atoms with E-state index in [9.17, 15) is 8.78 Å². The predicted octanol–water partition coefficient (Wildman–Crippen LogP) is 3.82.